The molecule has 1 aromatic rings. The van der Waals surface area contributed by atoms with Crippen LogP contribution in [0.4, 0.5) is 5.69 Å². The summed E-state index contributed by atoms with van der Waals surface area (Å²) in [6.07, 6.45) is 0.0766. The number of aromatic carboxylic acids is 1. The van der Waals surface area contributed by atoms with Crippen LogP contribution >= 0.6 is 11.8 Å². The minimum absolute atomic E-state index is 0.0226. The summed E-state index contributed by atoms with van der Waals surface area (Å²) < 4.78 is 0. The third-order valence-electron chi connectivity index (χ3n) is 3.41. The van der Waals surface area contributed by atoms with Gasteiger partial charge in [0.15, 0.2) is 5.17 Å². The van der Waals surface area contributed by atoms with Gasteiger partial charge in [0, 0.05) is 25.2 Å². The van der Waals surface area contributed by atoms with Gasteiger partial charge in [-0.05, 0) is 31.5 Å². The number of hydrogen-bond acceptors (Lipinski definition) is 6. The first-order valence-corrected chi connectivity index (χ1v) is 8.48. The molecule has 0 aliphatic carbocycles. The number of hydrogen-bond donors (Lipinski definition) is 1. The van der Waals surface area contributed by atoms with Gasteiger partial charge < -0.3 is 15.2 Å². The first kappa shape index (κ1) is 18.0. The number of carboxylic acid groups (broad SMARTS) is 1. The molecule has 1 aliphatic rings. The zero-order chi connectivity index (χ0) is 17.7. The molecule has 2 rings (SSSR count). The topological polar surface area (TPSA) is 102 Å². The van der Waals surface area contributed by atoms with Gasteiger partial charge in [-0.15, -0.1) is 0 Å². The molecule has 1 atom stereocenters. The predicted octanol–water partition coefficient (Wildman–Crippen LogP) is 0.718. The van der Waals surface area contributed by atoms with E-state index in [-0.39, 0.29) is 23.8 Å². The molecular weight excluding hydrogens is 330 g/mol. The number of rotatable bonds is 5. The van der Waals surface area contributed by atoms with Gasteiger partial charge >= 0.3 is 0 Å². The van der Waals surface area contributed by atoms with Crippen LogP contribution in [0.1, 0.15) is 30.6 Å². The number of carbonyl (C=O) groups is 3. The summed E-state index contributed by atoms with van der Waals surface area (Å²) in [6, 6.07) is 5.80. The molecule has 1 heterocycles. The van der Waals surface area contributed by atoms with Crippen LogP contribution in [0.25, 0.3) is 0 Å². The highest BCUT2D eigenvalue weighted by molar-refractivity contribution is 8.15. The SMILES string of the molecule is CCN=C1S[C@H](C(=O)Nc2cccc(C(=O)[O-])c2)CC(=O)N1CC. The molecule has 1 N–H and O–H groups in total. The van der Waals surface area contributed by atoms with E-state index in [4.69, 9.17) is 0 Å². The van der Waals surface area contributed by atoms with Gasteiger partial charge in [-0.1, -0.05) is 23.9 Å². The highest BCUT2D eigenvalue weighted by Gasteiger charge is 2.34. The van der Waals surface area contributed by atoms with Gasteiger partial charge in [0.1, 0.15) is 5.25 Å². The number of carboxylic acids is 1. The van der Waals surface area contributed by atoms with Crippen LogP contribution in [0.3, 0.4) is 0 Å². The molecule has 0 spiro atoms. The number of nitrogens with one attached hydrogen (secondary N) is 1. The summed E-state index contributed by atoms with van der Waals surface area (Å²) in [5, 5.41) is 13.5. The smallest absolute Gasteiger partial charge is 0.238 e. The Balaban J connectivity index is 2.12. The van der Waals surface area contributed by atoms with Crippen molar-refractivity contribution in [3.8, 4) is 0 Å². The molecule has 1 fully saturated rings. The fourth-order valence-corrected chi connectivity index (χ4v) is 3.48. The zero-order valence-corrected chi connectivity index (χ0v) is 14.3. The number of carbonyl (C=O) groups excluding carboxylic acids is 3. The Hall–Kier alpha value is -2.35. The van der Waals surface area contributed by atoms with Crippen LogP contribution in [-0.2, 0) is 9.59 Å². The van der Waals surface area contributed by atoms with Crippen molar-refractivity contribution in [3.63, 3.8) is 0 Å². The average Bonchev–Trinajstić information content (AvgIpc) is 2.55. The lowest BCUT2D eigenvalue weighted by Gasteiger charge is -2.30. The fourth-order valence-electron chi connectivity index (χ4n) is 2.27. The van der Waals surface area contributed by atoms with Crippen molar-refractivity contribution in [1.29, 1.82) is 0 Å². The molecule has 1 aliphatic heterocycles. The molecular formula is C16H18N3O4S-. The second-order valence-electron chi connectivity index (χ2n) is 5.06. The number of aliphatic imine (C=N–C) groups is 1. The van der Waals surface area contributed by atoms with E-state index in [1.54, 1.807) is 11.0 Å². The molecule has 1 aromatic carbocycles. The van der Waals surface area contributed by atoms with Crippen LogP contribution in [0, 0.1) is 0 Å². The summed E-state index contributed by atoms with van der Waals surface area (Å²) in [5.41, 5.74) is 0.326. The lowest BCUT2D eigenvalue weighted by Crippen LogP contribution is -2.45. The average molecular weight is 348 g/mol. The molecule has 0 saturated carbocycles. The lowest BCUT2D eigenvalue weighted by atomic mass is 10.2. The van der Waals surface area contributed by atoms with Gasteiger partial charge in [-0.25, -0.2) is 0 Å². The Bertz CT molecular complexity index is 690. The third-order valence-corrected chi connectivity index (χ3v) is 4.63. The molecule has 0 aromatic heterocycles. The molecule has 0 radical (unpaired) electrons. The van der Waals surface area contributed by atoms with Crippen LogP contribution < -0.4 is 10.4 Å². The first-order valence-electron chi connectivity index (χ1n) is 7.60. The Morgan fingerprint density at radius 2 is 2.17 bits per heavy atom. The highest BCUT2D eigenvalue weighted by Crippen LogP contribution is 2.27. The van der Waals surface area contributed by atoms with Crippen molar-refractivity contribution in [2.75, 3.05) is 18.4 Å². The molecule has 24 heavy (non-hydrogen) atoms. The standard InChI is InChI=1S/C16H19N3O4S/c1-3-17-16-19(4-2)13(20)9-12(24-16)14(21)18-11-7-5-6-10(8-11)15(22)23/h5-8,12H,3-4,9H2,1-2H3,(H,18,21)(H,22,23)/p-1/t12-/m0/s1. The van der Waals surface area contributed by atoms with E-state index in [9.17, 15) is 19.5 Å². The molecule has 0 unspecified atom stereocenters. The predicted molar refractivity (Wildman–Crippen MR) is 90.8 cm³/mol. The van der Waals surface area contributed by atoms with Crippen molar-refractivity contribution in [1.82, 2.24) is 4.90 Å². The van der Waals surface area contributed by atoms with Crippen molar-refractivity contribution in [3.05, 3.63) is 29.8 Å². The van der Waals surface area contributed by atoms with E-state index in [2.05, 4.69) is 10.3 Å². The number of amides is 2. The normalized spacial score (nSPS) is 19.4. The van der Waals surface area contributed by atoms with Crippen molar-refractivity contribution in [2.24, 2.45) is 4.99 Å². The molecule has 7 nitrogen and oxygen atoms in total. The largest absolute Gasteiger partial charge is 0.545 e. The minimum Gasteiger partial charge on any atom is -0.545 e. The number of nitrogens with zero attached hydrogens (tertiary/aromatic N) is 2. The quantitative estimate of drug-likeness (QED) is 0.845. The summed E-state index contributed by atoms with van der Waals surface area (Å²) >= 11 is 1.24. The Kier molecular flexibility index (Phi) is 5.97. The zero-order valence-electron chi connectivity index (χ0n) is 13.4. The molecule has 1 saturated heterocycles. The van der Waals surface area contributed by atoms with Crippen LogP contribution in [0.5, 0.6) is 0 Å². The summed E-state index contributed by atoms with van der Waals surface area (Å²) in [6.45, 7) is 4.75. The van der Waals surface area contributed by atoms with Crippen LogP contribution in [-0.4, -0.2) is 46.2 Å². The third kappa shape index (κ3) is 4.14. The van der Waals surface area contributed by atoms with E-state index >= 15 is 0 Å². The number of thioether (sulfide) groups is 1. The van der Waals surface area contributed by atoms with Gasteiger partial charge in [0.25, 0.3) is 0 Å². The first-order chi connectivity index (χ1) is 11.5. The summed E-state index contributed by atoms with van der Waals surface area (Å²) in [5.74, 6) is -1.82. The van der Waals surface area contributed by atoms with Crippen molar-refractivity contribution >= 4 is 40.4 Å². The van der Waals surface area contributed by atoms with E-state index in [0.29, 0.717) is 23.9 Å². The summed E-state index contributed by atoms with van der Waals surface area (Å²) in [4.78, 5) is 41.3. The van der Waals surface area contributed by atoms with E-state index in [1.807, 2.05) is 13.8 Å². The van der Waals surface area contributed by atoms with Gasteiger partial charge in [0.2, 0.25) is 11.8 Å². The van der Waals surface area contributed by atoms with E-state index in [0.717, 1.165) is 0 Å². The Morgan fingerprint density at radius 1 is 1.42 bits per heavy atom. The number of benzene rings is 1. The Morgan fingerprint density at radius 3 is 2.79 bits per heavy atom. The molecule has 128 valence electrons. The Labute approximate surface area is 144 Å². The maximum Gasteiger partial charge on any atom is 0.238 e. The van der Waals surface area contributed by atoms with Gasteiger partial charge in [-0.2, -0.15) is 0 Å². The minimum atomic E-state index is -1.32. The summed E-state index contributed by atoms with van der Waals surface area (Å²) in [7, 11) is 0. The molecule has 8 heteroatoms. The maximum atomic E-state index is 12.4. The van der Waals surface area contributed by atoms with Crippen LogP contribution in [0.15, 0.2) is 29.3 Å². The number of amidine groups is 1. The lowest BCUT2D eigenvalue weighted by molar-refractivity contribution is -0.255. The van der Waals surface area contributed by atoms with E-state index < -0.39 is 11.2 Å². The fraction of sp³-hybridized carbons (Fsp3) is 0.375. The van der Waals surface area contributed by atoms with E-state index in [1.165, 1.54) is 30.0 Å². The molecule has 0 bridgehead atoms. The van der Waals surface area contributed by atoms with Crippen molar-refractivity contribution in [2.45, 2.75) is 25.5 Å². The van der Waals surface area contributed by atoms with Crippen LogP contribution in [0.2, 0.25) is 0 Å². The monoisotopic (exact) mass is 348 g/mol. The number of anilines is 1. The molecule has 2 amide bonds. The second-order valence-corrected chi connectivity index (χ2v) is 6.23. The van der Waals surface area contributed by atoms with Crippen molar-refractivity contribution < 1.29 is 19.5 Å². The maximum absolute atomic E-state index is 12.4. The highest BCUT2D eigenvalue weighted by atomic mass is 32.2. The van der Waals surface area contributed by atoms with Gasteiger partial charge in [0.05, 0.1) is 5.97 Å². The second kappa shape index (κ2) is 7.96. The van der Waals surface area contributed by atoms with Gasteiger partial charge in [-0.3, -0.25) is 19.5 Å².